The van der Waals surface area contributed by atoms with E-state index in [9.17, 15) is 0 Å². The van der Waals surface area contributed by atoms with Gasteiger partial charge in [-0.2, -0.15) is 17.2 Å². The van der Waals surface area contributed by atoms with Crippen molar-refractivity contribution in [2.45, 2.75) is 72.3 Å². The number of allylic oxidation sites excluding steroid dienone is 8. The standard InChI is InChI=1S/C40H46N2S.CH4O.CH4/c1-29(39(2,3)37-32-20-13-11-18-30(32)23-25-34(37)41)17-9-7-6-8-10-22-36-40(4,5)38-33-21-14-12-19-31(33)24-26-35(38)42(36)27-15-16-28-43;1-2;/h6-14,17-26,34,37H,15-16,27-28,41H2,1-5H3;2H,1H3;1H4/p+1/b8-6+,9-7+,22-10+,29-17+;;. The van der Waals surface area contributed by atoms with Gasteiger partial charge >= 0.3 is 0 Å². The number of aliphatic hydroxyl groups excluding tert-OH is 1. The van der Waals surface area contributed by atoms with E-state index in [0.29, 0.717) is 0 Å². The van der Waals surface area contributed by atoms with E-state index in [2.05, 4.69) is 167 Å². The molecule has 3 aromatic carbocycles. The lowest BCUT2D eigenvalue weighted by atomic mass is 9.65. The van der Waals surface area contributed by atoms with Crippen LogP contribution in [0, 0.1) is 5.41 Å². The Morgan fingerprint density at radius 1 is 0.935 bits per heavy atom. The molecule has 2 aliphatic rings. The van der Waals surface area contributed by atoms with E-state index in [-0.39, 0.29) is 30.2 Å². The summed E-state index contributed by atoms with van der Waals surface area (Å²) in [4.78, 5) is 0. The summed E-state index contributed by atoms with van der Waals surface area (Å²) in [6.07, 6.45) is 21.8. The largest absolute Gasteiger partial charge is 0.400 e. The minimum atomic E-state index is -0.0868. The van der Waals surface area contributed by atoms with Gasteiger partial charge < -0.3 is 10.8 Å². The van der Waals surface area contributed by atoms with Crippen LogP contribution in [0.2, 0.25) is 0 Å². The molecule has 1 aliphatic carbocycles. The summed E-state index contributed by atoms with van der Waals surface area (Å²) in [6.45, 7) is 12.6. The number of unbranched alkanes of at least 4 members (excludes halogenated alkanes) is 1. The number of benzene rings is 3. The molecule has 46 heavy (non-hydrogen) atoms. The van der Waals surface area contributed by atoms with Gasteiger partial charge in [0.15, 0.2) is 5.71 Å². The summed E-state index contributed by atoms with van der Waals surface area (Å²) in [5.41, 5.74) is 14.5. The molecule has 2 unspecified atom stereocenters. The Balaban J connectivity index is 0.00000188. The Labute approximate surface area is 284 Å². The summed E-state index contributed by atoms with van der Waals surface area (Å²) in [6, 6.07) is 22.0. The summed E-state index contributed by atoms with van der Waals surface area (Å²) >= 11 is 4.46. The molecule has 3 N–H and O–H groups in total. The van der Waals surface area contributed by atoms with Gasteiger partial charge in [0.25, 0.3) is 0 Å². The van der Waals surface area contributed by atoms with E-state index >= 15 is 0 Å². The zero-order chi connectivity index (χ0) is 32.6. The maximum Gasteiger partial charge on any atom is 0.210 e. The summed E-state index contributed by atoms with van der Waals surface area (Å²) < 4.78 is 2.53. The summed E-state index contributed by atoms with van der Waals surface area (Å²) in [5, 5.41) is 9.66. The molecule has 0 aromatic heterocycles. The average Bonchev–Trinajstić information content (AvgIpc) is 3.26. The molecule has 0 radical (unpaired) electrons. The second kappa shape index (κ2) is 16.4. The zero-order valence-electron chi connectivity index (χ0n) is 27.9. The lowest BCUT2D eigenvalue weighted by Gasteiger charge is -2.41. The third kappa shape index (κ3) is 7.57. The molecule has 3 nitrogen and oxygen atoms in total. The van der Waals surface area contributed by atoms with Crippen molar-refractivity contribution in [1.82, 2.24) is 0 Å². The Kier molecular flexibility index (Phi) is 13.2. The van der Waals surface area contributed by atoms with Crippen LogP contribution in [0.25, 0.3) is 16.8 Å². The van der Waals surface area contributed by atoms with E-state index in [0.717, 1.165) is 32.2 Å². The third-order valence-corrected chi connectivity index (χ3v) is 9.91. The quantitative estimate of drug-likeness (QED) is 0.0899. The van der Waals surface area contributed by atoms with Crippen LogP contribution in [0.4, 0.5) is 5.69 Å². The third-order valence-electron chi connectivity index (χ3n) is 9.60. The topological polar surface area (TPSA) is 49.3 Å². The number of hydrogen-bond acceptors (Lipinski definition) is 3. The van der Waals surface area contributed by atoms with Crippen molar-refractivity contribution in [3.05, 3.63) is 132 Å². The second-order valence-electron chi connectivity index (χ2n) is 13.0. The molecule has 4 heteroatoms. The number of fused-ring (bicyclic) bond motifs is 4. The molecule has 0 saturated carbocycles. The molecule has 0 amide bonds. The van der Waals surface area contributed by atoms with Gasteiger partial charge in [-0.25, -0.2) is 0 Å². The van der Waals surface area contributed by atoms with Crippen LogP contribution in [0.1, 0.15) is 77.5 Å². The molecule has 0 bridgehead atoms. The van der Waals surface area contributed by atoms with Crippen molar-refractivity contribution in [3.63, 3.8) is 0 Å². The number of aliphatic hydroxyl groups is 1. The molecule has 0 spiro atoms. The van der Waals surface area contributed by atoms with Crippen molar-refractivity contribution in [3.8, 4) is 0 Å². The Bertz CT molecular complexity index is 1670. The van der Waals surface area contributed by atoms with E-state index < -0.39 is 0 Å². The van der Waals surface area contributed by atoms with Crippen molar-refractivity contribution in [2.24, 2.45) is 11.1 Å². The smallest absolute Gasteiger partial charge is 0.210 e. The van der Waals surface area contributed by atoms with E-state index in [1.807, 2.05) is 0 Å². The van der Waals surface area contributed by atoms with Crippen molar-refractivity contribution >= 4 is 40.9 Å². The van der Waals surface area contributed by atoms with Gasteiger partial charge in [-0.15, -0.1) is 0 Å². The van der Waals surface area contributed by atoms with Crippen molar-refractivity contribution < 1.29 is 9.68 Å². The highest BCUT2D eigenvalue weighted by molar-refractivity contribution is 7.80. The lowest BCUT2D eigenvalue weighted by molar-refractivity contribution is -0.438. The first-order valence-corrected chi connectivity index (χ1v) is 16.8. The van der Waals surface area contributed by atoms with Crippen LogP contribution < -0.4 is 5.73 Å². The molecule has 0 fully saturated rings. The normalized spacial score (nSPS) is 19.0. The van der Waals surface area contributed by atoms with E-state index in [1.165, 1.54) is 44.4 Å². The predicted molar refractivity (Wildman–Crippen MR) is 206 cm³/mol. The SMILES string of the molecule is C.CO.C\C(=C/C=C/C=C/C=C/C1=[N+](CCCCS)c2ccc3ccccc3c2C1(C)C)C(C)(C)C1c2ccccc2C=CC1N. The molecule has 1 heterocycles. The number of hydrogen-bond donors (Lipinski definition) is 3. The van der Waals surface area contributed by atoms with Gasteiger partial charge in [-0.3, -0.25) is 0 Å². The predicted octanol–water partition coefficient (Wildman–Crippen LogP) is 9.95. The summed E-state index contributed by atoms with van der Waals surface area (Å²) in [5.74, 6) is 1.16. The highest BCUT2D eigenvalue weighted by atomic mass is 32.1. The van der Waals surface area contributed by atoms with Gasteiger partial charge in [0.2, 0.25) is 5.69 Å². The fourth-order valence-corrected chi connectivity index (χ4v) is 7.23. The van der Waals surface area contributed by atoms with Crippen LogP contribution >= 0.6 is 12.6 Å². The highest BCUT2D eigenvalue weighted by Crippen LogP contribution is 2.47. The van der Waals surface area contributed by atoms with Crippen LogP contribution in [0.5, 0.6) is 0 Å². The van der Waals surface area contributed by atoms with Gasteiger partial charge in [0.05, 0.1) is 5.41 Å². The van der Waals surface area contributed by atoms with Gasteiger partial charge in [-0.1, -0.05) is 124 Å². The molecule has 1 aliphatic heterocycles. The molecule has 2 atom stereocenters. The van der Waals surface area contributed by atoms with Crippen molar-refractivity contribution in [1.29, 1.82) is 0 Å². The number of thiol groups is 1. The second-order valence-corrected chi connectivity index (χ2v) is 13.5. The number of nitrogens with two attached hydrogens (primary N) is 1. The zero-order valence-corrected chi connectivity index (χ0v) is 28.8. The average molecular weight is 636 g/mol. The van der Waals surface area contributed by atoms with Gasteiger partial charge in [0, 0.05) is 43.2 Å². The van der Waals surface area contributed by atoms with Crippen LogP contribution in [0.3, 0.4) is 0 Å². The molecule has 244 valence electrons. The fraction of sp³-hybridized carbons (Fsp3) is 0.357. The Morgan fingerprint density at radius 2 is 1.61 bits per heavy atom. The Hall–Kier alpha value is -3.44. The Morgan fingerprint density at radius 3 is 2.37 bits per heavy atom. The van der Waals surface area contributed by atoms with Gasteiger partial charge in [0.1, 0.15) is 6.54 Å². The number of nitrogens with zero attached hydrogens (tertiary/aromatic N) is 1. The lowest BCUT2D eigenvalue weighted by Crippen LogP contribution is -2.39. The van der Waals surface area contributed by atoms with Crippen LogP contribution in [-0.2, 0) is 5.41 Å². The summed E-state index contributed by atoms with van der Waals surface area (Å²) in [7, 11) is 1.00. The van der Waals surface area contributed by atoms with E-state index in [1.54, 1.807) is 0 Å². The number of rotatable bonds is 10. The van der Waals surface area contributed by atoms with Crippen molar-refractivity contribution in [2.75, 3.05) is 19.4 Å². The molecule has 3 aromatic rings. The molecular weight excluding hydrogens is 581 g/mol. The monoisotopic (exact) mass is 635 g/mol. The van der Waals surface area contributed by atoms with E-state index in [4.69, 9.17) is 10.8 Å². The molecular formula is C42H55N2OS+. The van der Waals surface area contributed by atoms with Gasteiger partial charge in [-0.05, 0) is 66.3 Å². The first-order valence-electron chi connectivity index (χ1n) is 16.1. The van der Waals surface area contributed by atoms with Crippen LogP contribution in [-0.4, -0.2) is 40.8 Å². The maximum absolute atomic E-state index is 7.00. The first kappa shape index (κ1) is 37.0. The minimum absolute atomic E-state index is 0. The molecule has 0 saturated heterocycles. The fourth-order valence-electron chi connectivity index (χ4n) is 7.01. The first-order chi connectivity index (χ1) is 21.7. The minimum Gasteiger partial charge on any atom is -0.400 e. The maximum atomic E-state index is 7.00. The van der Waals surface area contributed by atoms with Crippen LogP contribution in [0.15, 0.2) is 115 Å². The highest BCUT2D eigenvalue weighted by Gasteiger charge is 2.45. The molecule has 5 rings (SSSR count).